The number of carbonyl (C=O) groups is 1. The SMILES string of the molecule is CCC(CO)NC(=O)NCCCCSC. The molecule has 0 saturated heterocycles. The Kier molecular flexibility index (Phi) is 9.83. The van der Waals surface area contributed by atoms with Gasteiger partial charge < -0.3 is 15.7 Å². The highest BCUT2D eigenvalue weighted by atomic mass is 32.2. The summed E-state index contributed by atoms with van der Waals surface area (Å²) >= 11 is 1.82. The predicted molar refractivity (Wildman–Crippen MR) is 65.3 cm³/mol. The fourth-order valence-electron chi connectivity index (χ4n) is 1.09. The molecule has 0 bridgehead atoms. The molecule has 0 fully saturated rings. The minimum atomic E-state index is -0.181. The average molecular weight is 234 g/mol. The fraction of sp³-hybridized carbons (Fsp3) is 0.900. The lowest BCUT2D eigenvalue weighted by atomic mass is 10.2. The summed E-state index contributed by atoms with van der Waals surface area (Å²) in [5.74, 6) is 1.14. The molecule has 0 aromatic carbocycles. The van der Waals surface area contributed by atoms with E-state index in [1.54, 1.807) is 0 Å². The number of unbranched alkanes of at least 4 members (excludes halogenated alkanes) is 1. The quantitative estimate of drug-likeness (QED) is 0.553. The molecule has 0 spiro atoms. The average Bonchev–Trinajstić information content (AvgIpc) is 2.25. The van der Waals surface area contributed by atoms with Crippen LogP contribution in [0, 0.1) is 0 Å². The maximum atomic E-state index is 11.3. The van der Waals surface area contributed by atoms with Crippen molar-refractivity contribution in [2.24, 2.45) is 0 Å². The van der Waals surface area contributed by atoms with Crippen molar-refractivity contribution in [3.63, 3.8) is 0 Å². The molecule has 0 rings (SSSR count). The Morgan fingerprint density at radius 3 is 2.73 bits per heavy atom. The molecule has 3 N–H and O–H groups in total. The first-order valence-electron chi connectivity index (χ1n) is 5.38. The van der Waals surface area contributed by atoms with E-state index in [9.17, 15) is 4.79 Å². The molecule has 90 valence electrons. The van der Waals surface area contributed by atoms with Gasteiger partial charge in [0.2, 0.25) is 0 Å². The number of nitrogens with one attached hydrogen (secondary N) is 2. The number of rotatable bonds is 8. The van der Waals surface area contributed by atoms with Crippen molar-refractivity contribution in [3.8, 4) is 0 Å². The number of aliphatic hydroxyl groups excluding tert-OH is 1. The van der Waals surface area contributed by atoms with Gasteiger partial charge >= 0.3 is 6.03 Å². The van der Waals surface area contributed by atoms with Crippen LogP contribution in [0.3, 0.4) is 0 Å². The Labute approximate surface area is 96.2 Å². The fourth-order valence-corrected chi connectivity index (χ4v) is 1.58. The first-order valence-corrected chi connectivity index (χ1v) is 6.78. The predicted octanol–water partition coefficient (Wildman–Crippen LogP) is 1.20. The van der Waals surface area contributed by atoms with E-state index in [4.69, 9.17) is 5.11 Å². The van der Waals surface area contributed by atoms with Crippen molar-refractivity contribution >= 4 is 17.8 Å². The van der Waals surface area contributed by atoms with Crippen LogP contribution in [-0.4, -0.2) is 42.3 Å². The second-order valence-corrected chi connectivity index (χ2v) is 4.37. The molecular weight excluding hydrogens is 212 g/mol. The van der Waals surface area contributed by atoms with Crippen molar-refractivity contribution < 1.29 is 9.90 Å². The molecule has 0 aromatic rings. The molecule has 2 amide bonds. The molecule has 1 unspecified atom stereocenters. The first kappa shape index (κ1) is 14.6. The summed E-state index contributed by atoms with van der Waals surface area (Å²) in [5.41, 5.74) is 0. The van der Waals surface area contributed by atoms with Gasteiger partial charge in [0.05, 0.1) is 12.6 Å². The van der Waals surface area contributed by atoms with E-state index in [1.807, 2.05) is 18.7 Å². The second-order valence-electron chi connectivity index (χ2n) is 3.39. The van der Waals surface area contributed by atoms with Crippen molar-refractivity contribution in [2.45, 2.75) is 32.2 Å². The first-order chi connectivity index (χ1) is 7.24. The molecule has 0 aliphatic carbocycles. The molecule has 4 nitrogen and oxygen atoms in total. The molecule has 1 atom stereocenters. The largest absolute Gasteiger partial charge is 0.394 e. The third-order valence-electron chi connectivity index (χ3n) is 2.11. The molecule has 0 heterocycles. The summed E-state index contributed by atoms with van der Waals surface area (Å²) in [6.07, 6.45) is 4.95. The number of aliphatic hydroxyl groups is 1. The number of hydrogen-bond donors (Lipinski definition) is 3. The standard InChI is InChI=1S/C10H22N2O2S/c1-3-9(8-13)12-10(14)11-6-4-5-7-15-2/h9,13H,3-8H2,1-2H3,(H2,11,12,14). The van der Waals surface area contributed by atoms with Gasteiger partial charge in [0.15, 0.2) is 0 Å². The topological polar surface area (TPSA) is 61.4 Å². The Morgan fingerprint density at radius 2 is 2.20 bits per heavy atom. The van der Waals surface area contributed by atoms with Gasteiger partial charge in [0.1, 0.15) is 0 Å². The molecule has 5 heteroatoms. The molecule has 0 aliphatic rings. The van der Waals surface area contributed by atoms with E-state index in [1.165, 1.54) is 0 Å². The van der Waals surface area contributed by atoms with Gasteiger partial charge in [-0.2, -0.15) is 11.8 Å². The Morgan fingerprint density at radius 1 is 1.47 bits per heavy atom. The van der Waals surface area contributed by atoms with Gasteiger partial charge in [0.25, 0.3) is 0 Å². The minimum absolute atomic E-state index is 0.00358. The number of carbonyl (C=O) groups excluding carboxylic acids is 1. The van der Waals surface area contributed by atoms with Crippen LogP contribution < -0.4 is 10.6 Å². The smallest absolute Gasteiger partial charge is 0.315 e. The zero-order valence-electron chi connectivity index (χ0n) is 9.58. The van der Waals surface area contributed by atoms with Crippen molar-refractivity contribution in [3.05, 3.63) is 0 Å². The van der Waals surface area contributed by atoms with Crippen LogP contribution in [0.25, 0.3) is 0 Å². The minimum Gasteiger partial charge on any atom is -0.394 e. The van der Waals surface area contributed by atoms with E-state index in [2.05, 4.69) is 16.9 Å². The summed E-state index contributed by atoms with van der Waals surface area (Å²) in [4.78, 5) is 11.3. The van der Waals surface area contributed by atoms with Gasteiger partial charge in [0, 0.05) is 6.54 Å². The van der Waals surface area contributed by atoms with Crippen molar-refractivity contribution in [2.75, 3.05) is 25.2 Å². The van der Waals surface area contributed by atoms with E-state index < -0.39 is 0 Å². The van der Waals surface area contributed by atoms with E-state index >= 15 is 0 Å². The van der Waals surface area contributed by atoms with Crippen LogP contribution in [0.5, 0.6) is 0 Å². The van der Waals surface area contributed by atoms with E-state index in [-0.39, 0.29) is 18.7 Å². The Hall–Kier alpha value is -0.420. The zero-order chi connectivity index (χ0) is 11.5. The van der Waals surface area contributed by atoms with Crippen LogP contribution in [0.15, 0.2) is 0 Å². The summed E-state index contributed by atoms with van der Waals surface area (Å²) < 4.78 is 0. The number of thioether (sulfide) groups is 1. The maximum absolute atomic E-state index is 11.3. The van der Waals surface area contributed by atoms with Gasteiger partial charge in [-0.05, 0) is 31.3 Å². The highest BCUT2D eigenvalue weighted by molar-refractivity contribution is 7.98. The van der Waals surface area contributed by atoms with Crippen LogP contribution in [0.4, 0.5) is 4.79 Å². The lowest BCUT2D eigenvalue weighted by Crippen LogP contribution is -2.43. The van der Waals surface area contributed by atoms with E-state index in [0.29, 0.717) is 6.54 Å². The molecule has 0 aromatic heterocycles. The lowest BCUT2D eigenvalue weighted by molar-refractivity contribution is 0.214. The highest BCUT2D eigenvalue weighted by Gasteiger charge is 2.07. The second kappa shape index (κ2) is 10.1. The monoisotopic (exact) mass is 234 g/mol. The number of urea groups is 1. The summed E-state index contributed by atoms with van der Waals surface area (Å²) in [7, 11) is 0. The Balaban J connectivity index is 3.40. The normalized spacial score (nSPS) is 12.2. The lowest BCUT2D eigenvalue weighted by Gasteiger charge is -2.14. The molecule has 0 radical (unpaired) electrons. The molecule has 15 heavy (non-hydrogen) atoms. The van der Waals surface area contributed by atoms with Crippen LogP contribution in [0.2, 0.25) is 0 Å². The number of amides is 2. The molecule has 0 saturated carbocycles. The summed E-state index contributed by atoms with van der Waals surface area (Å²) in [5, 5.41) is 14.3. The Bertz CT molecular complexity index is 164. The maximum Gasteiger partial charge on any atom is 0.315 e. The number of hydrogen-bond acceptors (Lipinski definition) is 3. The van der Waals surface area contributed by atoms with E-state index in [0.717, 1.165) is 25.0 Å². The third kappa shape index (κ3) is 8.57. The molecule has 0 aliphatic heterocycles. The van der Waals surface area contributed by atoms with Gasteiger partial charge in [-0.15, -0.1) is 0 Å². The van der Waals surface area contributed by atoms with Crippen LogP contribution in [0.1, 0.15) is 26.2 Å². The third-order valence-corrected chi connectivity index (χ3v) is 2.81. The van der Waals surface area contributed by atoms with Gasteiger partial charge in [-0.25, -0.2) is 4.79 Å². The molecular formula is C10H22N2O2S. The van der Waals surface area contributed by atoms with Gasteiger partial charge in [-0.1, -0.05) is 6.92 Å². The van der Waals surface area contributed by atoms with Gasteiger partial charge in [-0.3, -0.25) is 0 Å². The van der Waals surface area contributed by atoms with Crippen molar-refractivity contribution in [1.82, 2.24) is 10.6 Å². The van der Waals surface area contributed by atoms with Crippen molar-refractivity contribution in [1.29, 1.82) is 0 Å². The summed E-state index contributed by atoms with van der Waals surface area (Å²) in [6.45, 7) is 2.63. The summed E-state index contributed by atoms with van der Waals surface area (Å²) in [6, 6.07) is -0.309. The zero-order valence-corrected chi connectivity index (χ0v) is 10.4. The van der Waals surface area contributed by atoms with Crippen LogP contribution in [-0.2, 0) is 0 Å². The van der Waals surface area contributed by atoms with Crippen LogP contribution >= 0.6 is 11.8 Å². The highest BCUT2D eigenvalue weighted by Crippen LogP contribution is 1.97.